The van der Waals surface area contributed by atoms with Gasteiger partial charge in [-0.1, -0.05) is 0 Å². The van der Waals surface area contributed by atoms with Gasteiger partial charge in [-0.25, -0.2) is 0 Å². The van der Waals surface area contributed by atoms with Crippen LogP contribution < -0.4 is 0 Å². The summed E-state index contributed by atoms with van der Waals surface area (Å²) in [5, 5.41) is 9.37. The molecule has 0 saturated heterocycles. The first-order valence-corrected chi connectivity index (χ1v) is 3.84. The van der Waals surface area contributed by atoms with Gasteiger partial charge in [0.25, 0.3) is 0 Å². The van der Waals surface area contributed by atoms with Gasteiger partial charge in [0.1, 0.15) is 6.54 Å². The number of aliphatic hydroxyl groups is 1. The summed E-state index contributed by atoms with van der Waals surface area (Å²) in [4.78, 5) is 0. The van der Waals surface area contributed by atoms with Gasteiger partial charge in [0.2, 0.25) is 0 Å². The summed E-state index contributed by atoms with van der Waals surface area (Å²) in [5.74, 6) is 0.563. The molecule has 2 nitrogen and oxygen atoms in total. The van der Waals surface area contributed by atoms with Crippen LogP contribution in [0.2, 0.25) is 0 Å². The number of hydrogen-bond acceptors (Lipinski definition) is 0. The Kier molecular flexibility index (Phi) is 1.71. The molecule has 0 bridgehead atoms. The van der Waals surface area contributed by atoms with Gasteiger partial charge in [0.15, 0.2) is 5.54 Å². The summed E-state index contributed by atoms with van der Waals surface area (Å²) in [5.41, 5.74) is 0.0978. The quantitative estimate of drug-likeness (QED) is 0.509. The summed E-state index contributed by atoms with van der Waals surface area (Å²) in [7, 11) is 0. The molecule has 58 valence electrons. The first kappa shape index (κ1) is 7.58. The lowest BCUT2D eigenvalue weighted by molar-refractivity contribution is -0.595. The molecule has 1 aliphatic heterocycles. The third kappa shape index (κ3) is 1.31. The van der Waals surface area contributed by atoms with Gasteiger partial charge in [-0.05, 0) is 20.8 Å². The van der Waals surface area contributed by atoms with Crippen LogP contribution in [0.1, 0.15) is 33.6 Å². The first-order chi connectivity index (χ1) is 4.52. The van der Waals surface area contributed by atoms with E-state index in [-0.39, 0.29) is 5.54 Å². The van der Waals surface area contributed by atoms with E-state index < -0.39 is 0 Å². The van der Waals surface area contributed by atoms with Crippen LogP contribution >= 0.6 is 0 Å². The fraction of sp³-hybridized carbons (Fsp3) is 0.875. The smallest absolute Gasteiger partial charge is 0.334 e. The Balaban J connectivity index is 2.81. The highest BCUT2D eigenvalue weighted by Crippen LogP contribution is 2.14. The molecule has 1 heterocycles. The molecule has 2 heteroatoms. The van der Waals surface area contributed by atoms with Crippen LogP contribution in [-0.2, 0) is 0 Å². The normalized spacial score (nSPS) is 20.3. The highest BCUT2D eigenvalue weighted by molar-refractivity contribution is 5.69. The minimum Gasteiger partial charge on any atom is -0.463 e. The maximum atomic E-state index is 9.37. The Bertz CT molecular complexity index is 165. The second-order valence-corrected chi connectivity index (χ2v) is 3.84. The van der Waals surface area contributed by atoms with E-state index in [1.54, 1.807) is 0 Å². The minimum atomic E-state index is 0.0978. The molecular formula is C8H16NO+. The van der Waals surface area contributed by atoms with Crippen LogP contribution in [0, 0.1) is 0 Å². The van der Waals surface area contributed by atoms with Crippen LogP contribution in [0.5, 0.6) is 0 Å². The van der Waals surface area contributed by atoms with E-state index in [2.05, 4.69) is 25.3 Å². The van der Waals surface area contributed by atoms with Crippen molar-refractivity contribution < 1.29 is 9.68 Å². The third-order valence-electron chi connectivity index (χ3n) is 1.90. The summed E-state index contributed by atoms with van der Waals surface area (Å²) in [6.07, 6.45) is 1.96. The Labute approximate surface area is 62.2 Å². The predicted octanol–water partition coefficient (Wildman–Crippen LogP) is 1.55. The number of aliphatic hydroxyl groups excluding tert-OH is 1. The third-order valence-corrected chi connectivity index (χ3v) is 1.90. The van der Waals surface area contributed by atoms with E-state index in [1.165, 1.54) is 0 Å². The van der Waals surface area contributed by atoms with E-state index in [0.29, 0.717) is 5.90 Å². The standard InChI is InChI=1S/C8H15NO/c1-8(2,3)9-6-4-5-7(9)10/h4-6H2,1-3H3/p+1. The fourth-order valence-electron chi connectivity index (χ4n) is 1.38. The number of hydrogen-bond donors (Lipinski definition) is 1. The maximum absolute atomic E-state index is 9.37. The molecular weight excluding hydrogens is 126 g/mol. The highest BCUT2D eigenvalue weighted by Gasteiger charge is 2.31. The van der Waals surface area contributed by atoms with Gasteiger partial charge in [0, 0.05) is 6.42 Å². The molecule has 0 atom stereocenters. The average molecular weight is 142 g/mol. The number of rotatable bonds is 0. The molecule has 0 aliphatic carbocycles. The second kappa shape index (κ2) is 2.26. The van der Waals surface area contributed by atoms with Gasteiger partial charge in [0.05, 0.1) is 6.42 Å². The zero-order valence-electron chi connectivity index (χ0n) is 7.02. The van der Waals surface area contributed by atoms with Crippen molar-refractivity contribution >= 4 is 5.90 Å². The van der Waals surface area contributed by atoms with Crippen LogP contribution in [0.3, 0.4) is 0 Å². The van der Waals surface area contributed by atoms with Crippen LogP contribution in [0.15, 0.2) is 0 Å². The molecule has 10 heavy (non-hydrogen) atoms. The molecule has 0 amide bonds. The van der Waals surface area contributed by atoms with Crippen molar-refractivity contribution in [3.8, 4) is 0 Å². The molecule has 0 radical (unpaired) electrons. The molecule has 0 unspecified atom stereocenters. The van der Waals surface area contributed by atoms with Crippen LogP contribution in [0.4, 0.5) is 0 Å². The molecule has 1 aliphatic rings. The van der Waals surface area contributed by atoms with Crippen molar-refractivity contribution in [3.63, 3.8) is 0 Å². The SMILES string of the molecule is CC(C)(C)[N+]1=C(O)CCC1. The van der Waals surface area contributed by atoms with Crippen molar-refractivity contribution in [1.29, 1.82) is 0 Å². The van der Waals surface area contributed by atoms with Crippen molar-refractivity contribution in [2.24, 2.45) is 0 Å². The molecule has 0 fully saturated rings. The van der Waals surface area contributed by atoms with Crippen molar-refractivity contribution in [3.05, 3.63) is 0 Å². The molecule has 1 N–H and O–H groups in total. The molecule has 0 aromatic rings. The predicted molar refractivity (Wildman–Crippen MR) is 41.8 cm³/mol. The Hall–Kier alpha value is -0.530. The minimum absolute atomic E-state index is 0.0978. The van der Waals surface area contributed by atoms with Crippen molar-refractivity contribution in [2.45, 2.75) is 39.2 Å². The monoisotopic (exact) mass is 142 g/mol. The van der Waals surface area contributed by atoms with Crippen molar-refractivity contribution in [1.82, 2.24) is 0 Å². The van der Waals surface area contributed by atoms with E-state index in [1.807, 2.05) is 0 Å². The summed E-state index contributed by atoms with van der Waals surface area (Å²) < 4.78 is 2.06. The lowest BCUT2D eigenvalue weighted by Crippen LogP contribution is -2.34. The zero-order chi connectivity index (χ0) is 7.78. The molecule has 0 spiro atoms. The summed E-state index contributed by atoms with van der Waals surface area (Å²) in [6.45, 7) is 7.37. The lowest BCUT2D eigenvalue weighted by atomic mass is 10.1. The van der Waals surface area contributed by atoms with E-state index in [4.69, 9.17) is 0 Å². The van der Waals surface area contributed by atoms with Gasteiger partial charge in [-0.2, -0.15) is 4.58 Å². The van der Waals surface area contributed by atoms with Gasteiger partial charge in [-0.3, -0.25) is 0 Å². The summed E-state index contributed by atoms with van der Waals surface area (Å²) in [6, 6.07) is 0. The van der Waals surface area contributed by atoms with E-state index in [9.17, 15) is 5.11 Å². The first-order valence-electron chi connectivity index (χ1n) is 3.84. The van der Waals surface area contributed by atoms with Crippen LogP contribution in [-0.4, -0.2) is 27.7 Å². The Morgan fingerprint density at radius 1 is 1.40 bits per heavy atom. The fourth-order valence-corrected chi connectivity index (χ4v) is 1.38. The van der Waals surface area contributed by atoms with E-state index in [0.717, 1.165) is 19.4 Å². The second-order valence-electron chi connectivity index (χ2n) is 3.84. The van der Waals surface area contributed by atoms with Gasteiger partial charge >= 0.3 is 5.90 Å². The van der Waals surface area contributed by atoms with Gasteiger partial charge < -0.3 is 5.11 Å². The van der Waals surface area contributed by atoms with Gasteiger partial charge in [-0.15, -0.1) is 0 Å². The zero-order valence-corrected chi connectivity index (χ0v) is 7.02. The molecule has 0 aromatic heterocycles. The lowest BCUT2D eigenvalue weighted by Gasteiger charge is -2.14. The Morgan fingerprint density at radius 3 is 2.20 bits per heavy atom. The molecule has 0 saturated carbocycles. The average Bonchev–Trinajstić information content (AvgIpc) is 2.11. The molecule has 1 rings (SSSR count). The molecule has 0 aromatic carbocycles. The van der Waals surface area contributed by atoms with Crippen molar-refractivity contribution in [2.75, 3.05) is 6.54 Å². The number of nitrogens with zero attached hydrogens (tertiary/aromatic N) is 1. The van der Waals surface area contributed by atoms with E-state index >= 15 is 0 Å². The Morgan fingerprint density at radius 2 is 2.00 bits per heavy atom. The summed E-state index contributed by atoms with van der Waals surface area (Å²) >= 11 is 0. The topological polar surface area (TPSA) is 23.2 Å². The highest BCUT2D eigenvalue weighted by atomic mass is 16.3. The van der Waals surface area contributed by atoms with Crippen LogP contribution in [0.25, 0.3) is 0 Å². The largest absolute Gasteiger partial charge is 0.463 e. The maximum Gasteiger partial charge on any atom is 0.334 e.